The molecule has 4 heteroatoms. The first kappa shape index (κ1) is 29.8. The van der Waals surface area contributed by atoms with E-state index < -0.39 is 0 Å². The van der Waals surface area contributed by atoms with Gasteiger partial charge in [0.05, 0.1) is 5.70 Å². The normalized spacial score (nSPS) is 22.5. The molecule has 1 aliphatic carbocycles. The van der Waals surface area contributed by atoms with Crippen LogP contribution in [0.25, 0.3) is 0 Å². The van der Waals surface area contributed by atoms with Gasteiger partial charge in [0.1, 0.15) is 6.61 Å². The van der Waals surface area contributed by atoms with Gasteiger partial charge in [-0.1, -0.05) is 98.8 Å². The predicted octanol–water partition coefficient (Wildman–Crippen LogP) is 7.52. The van der Waals surface area contributed by atoms with E-state index in [1.165, 1.54) is 22.3 Å². The highest BCUT2D eigenvalue weighted by atomic mass is 16.5. The van der Waals surface area contributed by atoms with Crippen LogP contribution in [-0.2, 0) is 35.5 Å². The summed E-state index contributed by atoms with van der Waals surface area (Å²) >= 11 is 0. The van der Waals surface area contributed by atoms with E-state index in [1.54, 1.807) is 0 Å². The van der Waals surface area contributed by atoms with E-state index in [4.69, 9.17) is 4.74 Å². The van der Waals surface area contributed by atoms with Gasteiger partial charge in [0, 0.05) is 38.6 Å². The molecule has 3 aromatic rings. The summed E-state index contributed by atoms with van der Waals surface area (Å²) in [7, 11) is 0. The third-order valence-electron chi connectivity index (χ3n) is 9.06. The highest BCUT2D eigenvalue weighted by molar-refractivity contribution is 5.96. The minimum absolute atomic E-state index is 0.0780. The Labute approximate surface area is 252 Å². The molecule has 220 valence electrons. The molecular formula is C38H46N2O2. The molecular weight excluding hydrogens is 516 g/mol. The van der Waals surface area contributed by atoms with Crippen molar-refractivity contribution in [2.45, 2.75) is 59.6 Å². The Kier molecular flexibility index (Phi) is 10.3. The monoisotopic (exact) mass is 562 g/mol. The smallest absolute Gasteiger partial charge is 0.202 e. The van der Waals surface area contributed by atoms with E-state index in [1.807, 2.05) is 24.3 Å². The molecule has 2 unspecified atom stereocenters. The first-order valence-electron chi connectivity index (χ1n) is 15.7. The van der Waals surface area contributed by atoms with Crippen molar-refractivity contribution >= 4 is 5.78 Å². The van der Waals surface area contributed by atoms with Crippen molar-refractivity contribution in [1.82, 2.24) is 9.80 Å². The molecule has 2 aliphatic rings. The number of hydrogen-bond acceptors (Lipinski definition) is 4. The number of Topliss-reactive ketones (excluding diaryl/α,β-unsaturated/α-hetero) is 1. The van der Waals surface area contributed by atoms with E-state index in [0.717, 1.165) is 69.7 Å². The van der Waals surface area contributed by atoms with Crippen LogP contribution in [0.4, 0.5) is 0 Å². The second kappa shape index (κ2) is 14.5. The summed E-state index contributed by atoms with van der Waals surface area (Å²) in [5.41, 5.74) is 7.60. The van der Waals surface area contributed by atoms with Crippen LogP contribution in [0.5, 0.6) is 0 Å². The summed E-state index contributed by atoms with van der Waals surface area (Å²) in [5.74, 6) is 0.878. The molecule has 4 nitrogen and oxygen atoms in total. The molecule has 0 N–H and O–H groups in total. The van der Waals surface area contributed by atoms with Gasteiger partial charge in [-0.15, -0.1) is 0 Å². The Bertz CT molecular complexity index is 1370. The molecule has 3 aromatic carbocycles. The molecule has 5 rings (SSSR count). The first-order chi connectivity index (χ1) is 20.5. The van der Waals surface area contributed by atoms with Crippen molar-refractivity contribution in [2.75, 3.05) is 26.2 Å². The van der Waals surface area contributed by atoms with E-state index in [2.05, 4.69) is 97.3 Å². The van der Waals surface area contributed by atoms with Gasteiger partial charge >= 0.3 is 0 Å². The molecule has 42 heavy (non-hydrogen) atoms. The number of hydrogen-bond donors (Lipinski definition) is 0. The zero-order valence-corrected chi connectivity index (χ0v) is 25.6. The number of allylic oxidation sites excluding steroid dienone is 3. The summed E-state index contributed by atoms with van der Waals surface area (Å²) in [6.07, 6.45) is 8.10. The predicted molar refractivity (Wildman–Crippen MR) is 172 cm³/mol. The quantitative estimate of drug-likeness (QED) is 0.256. The van der Waals surface area contributed by atoms with Gasteiger partial charge < -0.3 is 9.64 Å². The van der Waals surface area contributed by atoms with Gasteiger partial charge in [0.15, 0.2) is 5.76 Å². The number of carbonyl (C=O) groups excluding carboxylic acids is 1. The average molecular weight is 563 g/mol. The molecule has 0 spiro atoms. The number of rotatable bonds is 10. The third kappa shape index (κ3) is 7.41. The zero-order valence-electron chi connectivity index (χ0n) is 25.6. The fraction of sp³-hybridized carbons (Fsp3) is 0.395. The Balaban J connectivity index is 1.37. The van der Waals surface area contributed by atoms with E-state index >= 15 is 0 Å². The summed E-state index contributed by atoms with van der Waals surface area (Å²) in [4.78, 5) is 19.3. The maximum Gasteiger partial charge on any atom is 0.202 e. The van der Waals surface area contributed by atoms with Crippen LogP contribution in [0.3, 0.4) is 0 Å². The molecule has 2 atom stereocenters. The number of carbonyl (C=O) groups is 1. The highest BCUT2D eigenvalue weighted by Gasteiger charge is 2.33. The lowest BCUT2D eigenvalue weighted by Gasteiger charge is -2.38. The average Bonchev–Trinajstić information content (AvgIpc) is 3.02. The van der Waals surface area contributed by atoms with E-state index in [0.29, 0.717) is 12.4 Å². The van der Waals surface area contributed by atoms with Crippen molar-refractivity contribution in [3.8, 4) is 0 Å². The van der Waals surface area contributed by atoms with Crippen LogP contribution >= 0.6 is 0 Å². The minimum Gasteiger partial charge on any atom is -0.483 e. The maximum absolute atomic E-state index is 14.4. The lowest BCUT2D eigenvalue weighted by Crippen LogP contribution is -2.46. The summed E-state index contributed by atoms with van der Waals surface area (Å²) < 4.78 is 6.51. The third-order valence-corrected chi connectivity index (χ3v) is 9.06. The SMILES string of the molecule is CCc1cccc(C)c1CN1CCN(C2=C(\OCc3ccccc3)C(=O)C(CCc3ccccc3)C(C)C\C=C\2)CC1. The molecule has 1 fully saturated rings. The van der Waals surface area contributed by atoms with Crippen LogP contribution in [0, 0.1) is 18.8 Å². The van der Waals surface area contributed by atoms with Gasteiger partial charge in [-0.05, 0) is 72.4 Å². The van der Waals surface area contributed by atoms with Crippen molar-refractivity contribution in [1.29, 1.82) is 0 Å². The number of ketones is 1. The standard InChI is InChI=1S/C38H46N2O2/c1-4-33-19-11-13-30(3)35(33)27-39-23-25-40(26-24-39)36-20-12-14-29(2)34(22-21-31-15-7-5-8-16-31)37(41)38(36)42-28-32-17-9-6-10-18-32/h5-13,15-20,29,34H,4,14,21-28H2,1-3H3/b20-12+,38-36-. The van der Waals surface area contributed by atoms with Gasteiger partial charge in [0.25, 0.3) is 0 Å². The lowest BCUT2D eigenvalue weighted by atomic mass is 9.81. The Morgan fingerprint density at radius 2 is 1.55 bits per heavy atom. The number of ether oxygens (including phenoxy) is 1. The molecule has 0 aromatic heterocycles. The Morgan fingerprint density at radius 3 is 2.24 bits per heavy atom. The molecule has 0 saturated carbocycles. The van der Waals surface area contributed by atoms with Gasteiger partial charge in [-0.25, -0.2) is 0 Å². The van der Waals surface area contributed by atoms with E-state index in [-0.39, 0.29) is 17.6 Å². The molecule has 0 bridgehead atoms. The summed E-state index contributed by atoms with van der Waals surface area (Å²) in [5, 5.41) is 0. The summed E-state index contributed by atoms with van der Waals surface area (Å²) in [6, 6.07) is 27.4. The summed E-state index contributed by atoms with van der Waals surface area (Å²) in [6.45, 7) is 11.7. The fourth-order valence-corrected chi connectivity index (χ4v) is 6.38. The topological polar surface area (TPSA) is 32.8 Å². The van der Waals surface area contributed by atoms with Crippen LogP contribution in [0.2, 0.25) is 0 Å². The highest BCUT2D eigenvalue weighted by Crippen LogP contribution is 2.32. The second-order valence-corrected chi connectivity index (χ2v) is 11.9. The van der Waals surface area contributed by atoms with Crippen molar-refractivity contribution in [3.05, 3.63) is 130 Å². The molecule has 1 saturated heterocycles. The minimum atomic E-state index is -0.0780. The number of nitrogens with zero attached hydrogens (tertiary/aromatic N) is 2. The van der Waals surface area contributed by atoms with E-state index in [9.17, 15) is 4.79 Å². The Hall–Kier alpha value is -3.63. The first-order valence-corrected chi connectivity index (χ1v) is 15.7. The molecule has 0 radical (unpaired) electrons. The number of benzene rings is 3. The van der Waals surface area contributed by atoms with Crippen molar-refractivity contribution < 1.29 is 9.53 Å². The second-order valence-electron chi connectivity index (χ2n) is 11.9. The van der Waals surface area contributed by atoms with Crippen LogP contribution < -0.4 is 0 Å². The fourth-order valence-electron chi connectivity index (χ4n) is 6.38. The number of aryl methyl sites for hydroxylation is 3. The largest absolute Gasteiger partial charge is 0.483 e. The van der Waals surface area contributed by atoms with Crippen LogP contribution in [-0.4, -0.2) is 41.8 Å². The maximum atomic E-state index is 14.4. The molecule has 1 heterocycles. The van der Waals surface area contributed by atoms with Crippen molar-refractivity contribution in [2.24, 2.45) is 11.8 Å². The van der Waals surface area contributed by atoms with Crippen molar-refractivity contribution in [3.63, 3.8) is 0 Å². The van der Waals surface area contributed by atoms with Gasteiger partial charge in [0.2, 0.25) is 5.78 Å². The molecule has 0 amide bonds. The molecule has 1 aliphatic heterocycles. The zero-order chi connectivity index (χ0) is 29.3. The number of piperazine rings is 1. The Morgan fingerprint density at radius 1 is 0.857 bits per heavy atom. The van der Waals surface area contributed by atoms with Gasteiger partial charge in [-0.2, -0.15) is 0 Å². The van der Waals surface area contributed by atoms with Gasteiger partial charge in [-0.3, -0.25) is 9.69 Å². The lowest BCUT2D eigenvalue weighted by molar-refractivity contribution is -0.125. The van der Waals surface area contributed by atoms with Crippen LogP contribution in [0.15, 0.2) is 102 Å². The van der Waals surface area contributed by atoms with Crippen LogP contribution in [0.1, 0.15) is 54.5 Å².